The Labute approximate surface area is 241 Å². The molecule has 41 heavy (non-hydrogen) atoms. The highest BCUT2D eigenvalue weighted by molar-refractivity contribution is 5.97. The monoisotopic (exact) mass is 575 g/mol. The van der Waals surface area contributed by atoms with Gasteiger partial charge in [0, 0.05) is 74.3 Å². The fourth-order valence-electron chi connectivity index (χ4n) is 6.28. The summed E-state index contributed by atoms with van der Waals surface area (Å²) in [4.78, 5) is 50.7. The predicted octanol–water partition coefficient (Wildman–Crippen LogP) is 4.14. The number of nitrogens with zero attached hydrogens (tertiary/aromatic N) is 5. The Balaban J connectivity index is 1.37. The number of ether oxygens (including phenoxy) is 1. The maximum atomic E-state index is 15.0. The Kier molecular flexibility index (Phi) is 7.58. The molecule has 1 saturated carbocycles. The lowest BCUT2D eigenvalue weighted by Gasteiger charge is -2.46. The van der Waals surface area contributed by atoms with Crippen molar-refractivity contribution in [3.63, 3.8) is 0 Å². The van der Waals surface area contributed by atoms with Crippen LogP contribution in [0.3, 0.4) is 0 Å². The first-order valence-electron chi connectivity index (χ1n) is 14.8. The van der Waals surface area contributed by atoms with Gasteiger partial charge >= 0.3 is 6.09 Å². The van der Waals surface area contributed by atoms with Crippen molar-refractivity contribution < 1.29 is 27.9 Å². The zero-order valence-electron chi connectivity index (χ0n) is 25.1. The van der Waals surface area contributed by atoms with E-state index in [2.05, 4.69) is 4.98 Å². The predicted molar refractivity (Wildman–Crippen MR) is 150 cm³/mol. The number of halogens is 2. The molecule has 1 aliphatic carbocycles. The number of amides is 3. The Morgan fingerprint density at radius 1 is 1.17 bits per heavy atom. The summed E-state index contributed by atoms with van der Waals surface area (Å²) in [5, 5.41) is 0. The van der Waals surface area contributed by atoms with Crippen LogP contribution in [0.4, 0.5) is 19.3 Å². The largest absolute Gasteiger partial charge is 0.444 e. The average Bonchev–Trinajstić information content (AvgIpc) is 3.60. The van der Waals surface area contributed by atoms with E-state index in [0.717, 1.165) is 12.0 Å². The SMILES string of the molecule is C[C@@H]1CN(CC(=O)N2CC(C)(C)c3cnc(C(F)(F)C4CC4)cc32)[C@@H](CN2CCCC2=O)CN1C(=O)OC(C)(C)C. The molecular formula is C30H43F2N5O4. The standard InChI is InChI=1S/C30H43F2N5O4/c1-19-14-35(21(15-34-11-7-8-25(34)38)16-36(19)27(40)41-28(2,3)4)17-26(39)37-18-29(5,6)22-13-33-24(12-23(22)37)30(31,32)20-9-10-20/h12-13,19-21H,7-11,14-18H2,1-6H3/t19-,21+/m1/s1. The van der Waals surface area contributed by atoms with Crippen LogP contribution in [0.1, 0.15) is 78.5 Å². The van der Waals surface area contributed by atoms with Crippen LogP contribution in [0, 0.1) is 5.92 Å². The molecule has 2 atom stereocenters. The van der Waals surface area contributed by atoms with Crippen LogP contribution in [-0.4, -0.2) is 94.5 Å². The third kappa shape index (κ3) is 6.05. The van der Waals surface area contributed by atoms with Gasteiger partial charge in [-0.3, -0.25) is 19.5 Å². The lowest BCUT2D eigenvalue weighted by molar-refractivity contribution is -0.129. The molecule has 4 aliphatic rings. The smallest absolute Gasteiger partial charge is 0.410 e. The molecule has 1 aromatic rings. The number of hydrogen-bond acceptors (Lipinski definition) is 6. The van der Waals surface area contributed by atoms with E-state index in [9.17, 15) is 23.2 Å². The van der Waals surface area contributed by atoms with Crippen molar-refractivity contribution in [2.75, 3.05) is 44.2 Å². The van der Waals surface area contributed by atoms with Crippen LogP contribution >= 0.6 is 0 Å². The zero-order chi connectivity index (χ0) is 29.9. The highest BCUT2D eigenvalue weighted by atomic mass is 19.3. The summed E-state index contributed by atoms with van der Waals surface area (Å²) < 4.78 is 35.6. The lowest BCUT2D eigenvalue weighted by Crippen LogP contribution is -2.63. The van der Waals surface area contributed by atoms with Crippen LogP contribution in [-0.2, 0) is 25.7 Å². The molecule has 0 spiro atoms. The van der Waals surface area contributed by atoms with Crippen molar-refractivity contribution in [1.29, 1.82) is 0 Å². The molecule has 0 radical (unpaired) electrons. The van der Waals surface area contributed by atoms with Gasteiger partial charge in [0.05, 0.1) is 12.2 Å². The van der Waals surface area contributed by atoms with Gasteiger partial charge in [0.1, 0.15) is 11.3 Å². The molecule has 3 fully saturated rings. The average molecular weight is 576 g/mol. The molecule has 1 aromatic heterocycles. The summed E-state index contributed by atoms with van der Waals surface area (Å²) >= 11 is 0. The van der Waals surface area contributed by atoms with Crippen LogP contribution in [0.15, 0.2) is 12.3 Å². The summed E-state index contributed by atoms with van der Waals surface area (Å²) in [6, 6.07) is 0.912. The van der Waals surface area contributed by atoms with Crippen molar-refractivity contribution in [2.45, 2.75) is 96.2 Å². The number of carbonyl (C=O) groups is 3. The van der Waals surface area contributed by atoms with E-state index in [1.165, 1.54) is 12.3 Å². The van der Waals surface area contributed by atoms with E-state index in [0.29, 0.717) is 57.7 Å². The molecule has 3 amide bonds. The first-order valence-corrected chi connectivity index (χ1v) is 14.8. The van der Waals surface area contributed by atoms with Crippen LogP contribution < -0.4 is 4.90 Å². The summed E-state index contributed by atoms with van der Waals surface area (Å²) in [5.74, 6) is -3.83. The second-order valence-corrected chi connectivity index (χ2v) is 13.9. The lowest BCUT2D eigenvalue weighted by atomic mass is 9.88. The van der Waals surface area contributed by atoms with E-state index in [1.54, 1.807) is 14.7 Å². The summed E-state index contributed by atoms with van der Waals surface area (Å²) in [7, 11) is 0. The molecule has 0 bridgehead atoms. The number of rotatable bonds is 6. The molecular weight excluding hydrogens is 532 g/mol. The normalized spacial score (nSPS) is 25.1. The van der Waals surface area contributed by atoms with E-state index >= 15 is 0 Å². The number of carbonyl (C=O) groups excluding carboxylic acids is 3. The van der Waals surface area contributed by atoms with Crippen molar-refractivity contribution in [1.82, 2.24) is 19.7 Å². The van der Waals surface area contributed by atoms with Gasteiger partial charge < -0.3 is 19.4 Å². The third-order valence-electron chi connectivity index (χ3n) is 8.71. The second kappa shape index (κ2) is 10.5. The minimum atomic E-state index is -3.02. The molecule has 11 heteroatoms. The molecule has 0 N–H and O–H groups in total. The van der Waals surface area contributed by atoms with Crippen molar-refractivity contribution in [2.24, 2.45) is 5.92 Å². The Bertz CT molecular complexity index is 1210. The summed E-state index contributed by atoms with van der Waals surface area (Å²) in [6.45, 7) is 13.6. The first kappa shape index (κ1) is 29.7. The van der Waals surface area contributed by atoms with Crippen LogP contribution in [0.5, 0.6) is 0 Å². The van der Waals surface area contributed by atoms with Crippen molar-refractivity contribution in [3.05, 3.63) is 23.5 Å². The molecule has 226 valence electrons. The number of alkyl halides is 2. The number of likely N-dealkylation sites (tertiary alicyclic amines) is 1. The molecule has 0 aromatic carbocycles. The Hall–Kier alpha value is -2.82. The van der Waals surface area contributed by atoms with Crippen molar-refractivity contribution >= 4 is 23.6 Å². The van der Waals surface area contributed by atoms with Gasteiger partial charge in [0.25, 0.3) is 5.92 Å². The second-order valence-electron chi connectivity index (χ2n) is 13.9. The number of aromatic nitrogens is 1. The van der Waals surface area contributed by atoms with Gasteiger partial charge in [-0.1, -0.05) is 13.8 Å². The minimum Gasteiger partial charge on any atom is -0.444 e. The van der Waals surface area contributed by atoms with Gasteiger partial charge in [0.2, 0.25) is 11.8 Å². The fraction of sp³-hybridized carbons (Fsp3) is 0.733. The van der Waals surface area contributed by atoms with E-state index in [1.807, 2.05) is 46.4 Å². The molecule has 2 saturated heterocycles. The van der Waals surface area contributed by atoms with E-state index in [4.69, 9.17) is 4.74 Å². The topological polar surface area (TPSA) is 86.3 Å². The molecule has 5 rings (SSSR count). The third-order valence-corrected chi connectivity index (χ3v) is 8.71. The molecule has 3 aliphatic heterocycles. The van der Waals surface area contributed by atoms with Gasteiger partial charge in [-0.15, -0.1) is 0 Å². The Morgan fingerprint density at radius 3 is 2.49 bits per heavy atom. The van der Waals surface area contributed by atoms with Crippen molar-refractivity contribution in [3.8, 4) is 0 Å². The minimum absolute atomic E-state index is 0.0470. The summed E-state index contributed by atoms with van der Waals surface area (Å²) in [6.07, 6.45) is 3.35. The van der Waals surface area contributed by atoms with Crippen LogP contribution in [0.25, 0.3) is 0 Å². The van der Waals surface area contributed by atoms with E-state index in [-0.39, 0.29) is 36.1 Å². The van der Waals surface area contributed by atoms with Gasteiger partial charge in [-0.05, 0) is 53.0 Å². The summed E-state index contributed by atoms with van der Waals surface area (Å²) in [5.41, 5.74) is -0.0837. The molecule has 0 unspecified atom stereocenters. The molecule has 9 nitrogen and oxygen atoms in total. The van der Waals surface area contributed by atoms with E-state index < -0.39 is 28.9 Å². The van der Waals surface area contributed by atoms with Gasteiger partial charge in [-0.2, -0.15) is 8.78 Å². The number of hydrogen-bond donors (Lipinski definition) is 0. The highest BCUT2D eigenvalue weighted by Crippen LogP contribution is 2.51. The number of anilines is 1. The fourth-order valence-corrected chi connectivity index (χ4v) is 6.28. The quantitative estimate of drug-likeness (QED) is 0.507. The molecule has 4 heterocycles. The number of fused-ring (bicyclic) bond motifs is 1. The van der Waals surface area contributed by atoms with Crippen LogP contribution in [0.2, 0.25) is 0 Å². The highest BCUT2D eigenvalue weighted by Gasteiger charge is 2.50. The zero-order valence-corrected chi connectivity index (χ0v) is 25.1. The Morgan fingerprint density at radius 2 is 1.88 bits per heavy atom. The number of pyridine rings is 1. The number of piperazine rings is 1. The maximum Gasteiger partial charge on any atom is 0.410 e. The van der Waals surface area contributed by atoms with Gasteiger partial charge in [0.15, 0.2) is 0 Å². The first-order chi connectivity index (χ1) is 19.1. The maximum absolute atomic E-state index is 15.0. The van der Waals surface area contributed by atoms with Gasteiger partial charge in [-0.25, -0.2) is 4.79 Å².